The molecule has 20 heavy (non-hydrogen) atoms. The molecule has 0 saturated heterocycles. The predicted molar refractivity (Wildman–Crippen MR) is 70.5 cm³/mol. The number of benzene rings is 1. The summed E-state index contributed by atoms with van der Waals surface area (Å²) >= 11 is 0. The quantitative estimate of drug-likeness (QED) is 0.836. The molecule has 0 spiro atoms. The first kappa shape index (κ1) is 16.7. The molecule has 1 rings (SSSR count). The first-order chi connectivity index (χ1) is 9.29. The van der Waals surface area contributed by atoms with Gasteiger partial charge in [0, 0.05) is 32.9 Å². The first-order valence-electron chi connectivity index (χ1n) is 6.08. The van der Waals surface area contributed by atoms with Crippen molar-refractivity contribution in [2.24, 2.45) is 5.73 Å². The van der Waals surface area contributed by atoms with Gasteiger partial charge in [-0.2, -0.15) is 13.2 Å². The molecule has 0 fully saturated rings. The van der Waals surface area contributed by atoms with Crippen LogP contribution in [0.15, 0.2) is 18.2 Å². The highest BCUT2D eigenvalue weighted by molar-refractivity contribution is 5.56. The topological polar surface area (TPSA) is 58.7 Å². The normalized spacial score (nSPS) is 13.3. The Bertz CT molecular complexity index is 438. The van der Waals surface area contributed by atoms with Gasteiger partial charge in [0.15, 0.2) is 0 Å². The monoisotopic (exact) mass is 292 g/mol. The van der Waals surface area contributed by atoms with Gasteiger partial charge in [0.05, 0.1) is 18.3 Å². The minimum Gasteiger partial charge on any atom is -0.389 e. The third-order valence-electron chi connectivity index (χ3n) is 2.86. The molecule has 0 radical (unpaired) electrons. The van der Waals surface area contributed by atoms with Crippen LogP contribution in [-0.4, -0.2) is 38.5 Å². The summed E-state index contributed by atoms with van der Waals surface area (Å²) in [7, 11) is 2.91. The summed E-state index contributed by atoms with van der Waals surface area (Å²) in [6.07, 6.45) is -5.33. The van der Waals surface area contributed by atoms with E-state index >= 15 is 0 Å². The van der Waals surface area contributed by atoms with Crippen molar-refractivity contribution < 1.29 is 23.0 Å². The fourth-order valence-corrected chi connectivity index (χ4v) is 1.93. The number of aliphatic hydroxyl groups is 1. The number of methoxy groups -OCH3 is 1. The maximum Gasteiger partial charge on any atom is 0.418 e. The maximum absolute atomic E-state index is 13.1. The number of rotatable bonds is 6. The lowest BCUT2D eigenvalue weighted by molar-refractivity contribution is -0.137. The SMILES string of the molecule is COCC(O)CN(C)c1ccc(CN)cc1C(F)(F)F. The van der Waals surface area contributed by atoms with Crippen molar-refractivity contribution in [1.29, 1.82) is 0 Å². The molecule has 1 aromatic rings. The van der Waals surface area contributed by atoms with E-state index in [0.29, 0.717) is 5.56 Å². The van der Waals surface area contributed by atoms with E-state index in [2.05, 4.69) is 0 Å². The minimum atomic E-state index is -4.47. The van der Waals surface area contributed by atoms with Gasteiger partial charge in [0.2, 0.25) is 0 Å². The van der Waals surface area contributed by atoms with Crippen LogP contribution < -0.4 is 10.6 Å². The van der Waals surface area contributed by atoms with Gasteiger partial charge >= 0.3 is 6.18 Å². The summed E-state index contributed by atoms with van der Waals surface area (Å²) in [4.78, 5) is 1.35. The fourth-order valence-electron chi connectivity index (χ4n) is 1.93. The third-order valence-corrected chi connectivity index (χ3v) is 2.86. The Hall–Kier alpha value is -1.31. The second-order valence-electron chi connectivity index (χ2n) is 4.54. The molecule has 0 aromatic heterocycles. The molecule has 0 bridgehead atoms. The van der Waals surface area contributed by atoms with Gasteiger partial charge < -0.3 is 20.5 Å². The van der Waals surface area contributed by atoms with Crippen molar-refractivity contribution in [3.05, 3.63) is 29.3 Å². The van der Waals surface area contributed by atoms with Crippen molar-refractivity contribution in [3.8, 4) is 0 Å². The van der Waals surface area contributed by atoms with E-state index in [9.17, 15) is 18.3 Å². The molecule has 7 heteroatoms. The highest BCUT2D eigenvalue weighted by atomic mass is 19.4. The summed E-state index contributed by atoms with van der Waals surface area (Å²) in [5.74, 6) is 0. The van der Waals surface area contributed by atoms with Gasteiger partial charge in [-0.15, -0.1) is 0 Å². The summed E-state index contributed by atoms with van der Waals surface area (Å²) < 4.78 is 43.9. The molecular formula is C13H19F3N2O2. The predicted octanol–water partition coefficient (Wildman–Crippen LogP) is 1.61. The second kappa shape index (κ2) is 6.92. The molecule has 1 atom stereocenters. The van der Waals surface area contributed by atoms with Crippen molar-refractivity contribution in [1.82, 2.24) is 0 Å². The van der Waals surface area contributed by atoms with Crippen LogP contribution in [0.4, 0.5) is 18.9 Å². The van der Waals surface area contributed by atoms with Crippen LogP contribution in [-0.2, 0) is 17.5 Å². The van der Waals surface area contributed by atoms with Crippen molar-refractivity contribution in [2.45, 2.75) is 18.8 Å². The van der Waals surface area contributed by atoms with E-state index in [0.717, 1.165) is 6.07 Å². The average molecular weight is 292 g/mol. The highest BCUT2D eigenvalue weighted by Gasteiger charge is 2.34. The zero-order chi connectivity index (χ0) is 15.3. The molecule has 0 aliphatic carbocycles. The number of aliphatic hydroxyl groups excluding tert-OH is 1. The van der Waals surface area contributed by atoms with Crippen LogP contribution >= 0.6 is 0 Å². The Kier molecular flexibility index (Phi) is 5.79. The zero-order valence-corrected chi connectivity index (χ0v) is 11.4. The summed E-state index contributed by atoms with van der Waals surface area (Å²) in [5.41, 5.74) is 5.03. The molecule has 1 unspecified atom stereocenters. The van der Waals surface area contributed by atoms with Gasteiger partial charge in [0.25, 0.3) is 0 Å². The largest absolute Gasteiger partial charge is 0.418 e. The molecule has 0 amide bonds. The van der Waals surface area contributed by atoms with Crippen LogP contribution in [0.5, 0.6) is 0 Å². The number of ether oxygens (including phenoxy) is 1. The van der Waals surface area contributed by atoms with Crippen LogP contribution in [0.25, 0.3) is 0 Å². The standard InChI is InChI=1S/C13H19F3N2O2/c1-18(7-10(19)8-20-2)12-4-3-9(6-17)5-11(12)13(14,15)16/h3-5,10,19H,6-8,17H2,1-2H3. The first-order valence-corrected chi connectivity index (χ1v) is 6.08. The fraction of sp³-hybridized carbons (Fsp3) is 0.538. The van der Waals surface area contributed by atoms with Gasteiger partial charge in [0.1, 0.15) is 0 Å². The Labute approximate surface area is 115 Å². The summed E-state index contributed by atoms with van der Waals surface area (Å²) in [6, 6.07) is 3.95. The number of nitrogens with zero attached hydrogens (tertiary/aromatic N) is 1. The van der Waals surface area contributed by atoms with Crippen molar-refractivity contribution in [3.63, 3.8) is 0 Å². The van der Waals surface area contributed by atoms with Crippen LogP contribution in [0.2, 0.25) is 0 Å². The second-order valence-corrected chi connectivity index (χ2v) is 4.54. The number of likely N-dealkylation sites (N-methyl/N-ethyl adjacent to an activating group) is 1. The zero-order valence-electron chi connectivity index (χ0n) is 11.4. The number of alkyl halides is 3. The van der Waals surface area contributed by atoms with E-state index in [4.69, 9.17) is 10.5 Å². The van der Waals surface area contributed by atoms with Gasteiger partial charge in [-0.05, 0) is 17.7 Å². The molecule has 0 aliphatic rings. The Balaban J connectivity index is 3.04. The van der Waals surface area contributed by atoms with E-state index < -0.39 is 17.8 Å². The lowest BCUT2D eigenvalue weighted by atomic mass is 10.1. The summed E-state index contributed by atoms with van der Waals surface area (Å²) in [5, 5.41) is 9.61. The van der Waals surface area contributed by atoms with Gasteiger partial charge in [-0.1, -0.05) is 6.07 Å². The van der Waals surface area contributed by atoms with Crippen LogP contribution in [0.3, 0.4) is 0 Å². The Morgan fingerprint density at radius 3 is 2.55 bits per heavy atom. The molecule has 4 nitrogen and oxygen atoms in total. The molecule has 0 heterocycles. The summed E-state index contributed by atoms with van der Waals surface area (Å²) in [6.45, 7) is 0.144. The van der Waals surface area contributed by atoms with Gasteiger partial charge in [-0.25, -0.2) is 0 Å². The molecule has 0 saturated carbocycles. The maximum atomic E-state index is 13.1. The number of hydrogen-bond donors (Lipinski definition) is 2. The van der Waals surface area contributed by atoms with E-state index in [-0.39, 0.29) is 25.4 Å². The van der Waals surface area contributed by atoms with E-state index in [1.165, 1.54) is 25.1 Å². The van der Waals surface area contributed by atoms with E-state index in [1.54, 1.807) is 6.07 Å². The van der Waals surface area contributed by atoms with E-state index in [1.807, 2.05) is 0 Å². The molecule has 1 aromatic carbocycles. The molecular weight excluding hydrogens is 273 g/mol. The third kappa shape index (κ3) is 4.36. The highest BCUT2D eigenvalue weighted by Crippen LogP contribution is 2.36. The number of hydrogen-bond acceptors (Lipinski definition) is 4. The van der Waals surface area contributed by atoms with Crippen LogP contribution in [0.1, 0.15) is 11.1 Å². The lowest BCUT2D eigenvalue weighted by Gasteiger charge is -2.26. The van der Waals surface area contributed by atoms with Gasteiger partial charge in [-0.3, -0.25) is 0 Å². The van der Waals surface area contributed by atoms with Crippen LogP contribution in [0, 0.1) is 0 Å². The Morgan fingerprint density at radius 2 is 2.05 bits per heavy atom. The smallest absolute Gasteiger partial charge is 0.389 e. The molecule has 3 N–H and O–H groups in total. The minimum absolute atomic E-state index is 0.00449. The lowest BCUT2D eigenvalue weighted by Crippen LogP contribution is -2.33. The number of anilines is 1. The number of nitrogens with two attached hydrogens (primary N) is 1. The molecule has 114 valence electrons. The van der Waals surface area contributed by atoms with Crippen molar-refractivity contribution in [2.75, 3.05) is 32.2 Å². The Morgan fingerprint density at radius 1 is 1.40 bits per heavy atom. The van der Waals surface area contributed by atoms with Crippen molar-refractivity contribution >= 4 is 5.69 Å². The molecule has 0 aliphatic heterocycles. The average Bonchev–Trinajstić information content (AvgIpc) is 2.37. The number of halogens is 3.